The smallest absolute Gasteiger partial charge is 0.339 e. The largest absolute Gasteiger partial charge is 0.496 e. The average molecular weight is 488 g/mol. The first kappa shape index (κ1) is 24.5. The van der Waals surface area contributed by atoms with Gasteiger partial charge in [0.15, 0.2) is 18.1 Å². The molecule has 0 bridgehead atoms. The zero-order valence-corrected chi connectivity index (χ0v) is 20.4. The van der Waals surface area contributed by atoms with Gasteiger partial charge in [0.05, 0.1) is 50.8 Å². The van der Waals surface area contributed by atoms with Crippen molar-refractivity contribution in [3.8, 4) is 34.3 Å². The summed E-state index contributed by atoms with van der Waals surface area (Å²) in [5, 5.41) is 0.600. The maximum atomic E-state index is 13.2. The Morgan fingerprint density at radius 2 is 1.36 bits per heavy atom. The molecule has 0 spiro atoms. The number of pyridine rings is 1. The second-order valence-electron chi connectivity index (χ2n) is 7.69. The van der Waals surface area contributed by atoms with Gasteiger partial charge in [0.25, 0.3) is 0 Å². The van der Waals surface area contributed by atoms with E-state index in [1.165, 1.54) is 28.4 Å². The van der Waals surface area contributed by atoms with E-state index in [1.807, 2.05) is 6.07 Å². The fourth-order valence-corrected chi connectivity index (χ4v) is 3.88. The number of ether oxygens (including phenoxy) is 5. The monoisotopic (exact) mass is 487 g/mol. The molecule has 0 aliphatic rings. The Hall–Kier alpha value is -4.59. The first-order valence-corrected chi connectivity index (χ1v) is 11.0. The molecule has 4 rings (SSSR count). The number of benzene rings is 3. The molecule has 4 aromatic rings. The van der Waals surface area contributed by atoms with Crippen LogP contribution in [0.3, 0.4) is 0 Å². The summed E-state index contributed by atoms with van der Waals surface area (Å²) in [6.45, 7) is -0.435. The topological polar surface area (TPSA) is 93.2 Å². The molecule has 0 saturated carbocycles. The lowest BCUT2D eigenvalue weighted by Crippen LogP contribution is -2.15. The highest BCUT2D eigenvalue weighted by molar-refractivity contribution is 6.06. The molecule has 0 radical (unpaired) electrons. The first-order chi connectivity index (χ1) is 17.5. The van der Waals surface area contributed by atoms with Crippen LogP contribution in [0.5, 0.6) is 23.0 Å². The number of para-hydroxylation sites is 2. The van der Waals surface area contributed by atoms with Gasteiger partial charge < -0.3 is 23.7 Å². The van der Waals surface area contributed by atoms with E-state index in [0.717, 1.165) is 0 Å². The number of ketones is 1. The van der Waals surface area contributed by atoms with Crippen molar-refractivity contribution in [2.24, 2.45) is 0 Å². The summed E-state index contributed by atoms with van der Waals surface area (Å²) >= 11 is 0. The summed E-state index contributed by atoms with van der Waals surface area (Å²) in [6, 6.07) is 19.1. The Kier molecular flexibility index (Phi) is 7.34. The van der Waals surface area contributed by atoms with Crippen molar-refractivity contribution in [2.45, 2.75) is 0 Å². The van der Waals surface area contributed by atoms with Gasteiger partial charge in [-0.2, -0.15) is 0 Å². The summed E-state index contributed by atoms with van der Waals surface area (Å²) in [5.74, 6) is 0.743. The Morgan fingerprint density at radius 1 is 0.722 bits per heavy atom. The van der Waals surface area contributed by atoms with E-state index in [1.54, 1.807) is 60.7 Å². The van der Waals surface area contributed by atoms with Crippen molar-refractivity contribution in [3.63, 3.8) is 0 Å². The Balaban J connectivity index is 1.71. The molecule has 8 heteroatoms. The summed E-state index contributed by atoms with van der Waals surface area (Å²) in [7, 11) is 6.05. The van der Waals surface area contributed by atoms with E-state index in [2.05, 4.69) is 0 Å². The van der Waals surface area contributed by atoms with E-state index in [4.69, 9.17) is 28.7 Å². The van der Waals surface area contributed by atoms with Crippen LogP contribution in [-0.2, 0) is 4.74 Å². The molecule has 0 amide bonds. The molecule has 3 aromatic carbocycles. The van der Waals surface area contributed by atoms with E-state index < -0.39 is 12.6 Å². The van der Waals surface area contributed by atoms with Gasteiger partial charge in [0.1, 0.15) is 5.75 Å². The number of Topliss-reactive ketones (excluding diaryl/α,β-unsaturated/α-hetero) is 1. The standard InChI is InChI=1S/C28H25NO7/c1-32-24-12-8-6-10-19(24)23(30)16-36-28(31)20-15-22(29-21-11-7-5-9-18(20)21)17-13-25(33-2)27(35-4)26(14-17)34-3/h5-15H,16H2,1-4H3. The number of rotatable bonds is 9. The second-order valence-corrected chi connectivity index (χ2v) is 7.69. The second kappa shape index (κ2) is 10.8. The predicted octanol–water partition coefficient (Wildman–Crippen LogP) is 4.98. The van der Waals surface area contributed by atoms with Crippen LogP contribution < -0.4 is 18.9 Å². The first-order valence-electron chi connectivity index (χ1n) is 11.0. The highest BCUT2D eigenvalue weighted by atomic mass is 16.5. The molecule has 0 unspecified atom stereocenters. The van der Waals surface area contributed by atoms with Crippen molar-refractivity contribution in [1.29, 1.82) is 0 Å². The number of carbonyl (C=O) groups excluding carboxylic acids is 2. The number of methoxy groups -OCH3 is 4. The quantitative estimate of drug-likeness (QED) is 0.241. The minimum atomic E-state index is -0.648. The van der Waals surface area contributed by atoms with Gasteiger partial charge in [-0.25, -0.2) is 9.78 Å². The highest BCUT2D eigenvalue weighted by Crippen LogP contribution is 2.41. The molecule has 1 heterocycles. The van der Waals surface area contributed by atoms with Crippen molar-refractivity contribution < 1.29 is 33.3 Å². The lowest BCUT2D eigenvalue weighted by Gasteiger charge is -2.15. The minimum absolute atomic E-state index is 0.275. The van der Waals surface area contributed by atoms with Gasteiger partial charge in [-0.3, -0.25) is 4.79 Å². The Labute approximate surface area is 208 Å². The Bertz CT molecular complexity index is 1410. The van der Waals surface area contributed by atoms with Crippen LogP contribution in [0.4, 0.5) is 0 Å². The molecule has 184 valence electrons. The maximum Gasteiger partial charge on any atom is 0.339 e. The van der Waals surface area contributed by atoms with E-state index in [9.17, 15) is 9.59 Å². The third-order valence-corrected chi connectivity index (χ3v) is 5.64. The molecule has 0 saturated heterocycles. The molecular weight excluding hydrogens is 462 g/mol. The number of aromatic nitrogens is 1. The predicted molar refractivity (Wildman–Crippen MR) is 134 cm³/mol. The summed E-state index contributed by atoms with van der Waals surface area (Å²) in [4.78, 5) is 30.6. The number of fused-ring (bicyclic) bond motifs is 1. The average Bonchev–Trinajstić information content (AvgIpc) is 2.94. The molecule has 1 aromatic heterocycles. The summed E-state index contributed by atoms with van der Waals surface area (Å²) in [5.41, 5.74) is 2.35. The van der Waals surface area contributed by atoms with Crippen molar-refractivity contribution in [2.75, 3.05) is 35.0 Å². The Morgan fingerprint density at radius 3 is 2.03 bits per heavy atom. The molecule has 0 fully saturated rings. The van der Waals surface area contributed by atoms with Crippen molar-refractivity contribution in [1.82, 2.24) is 4.98 Å². The van der Waals surface area contributed by atoms with Crippen LogP contribution in [0.15, 0.2) is 66.7 Å². The van der Waals surface area contributed by atoms with E-state index in [-0.39, 0.29) is 11.3 Å². The van der Waals surface area contributed by atoms with Gasteiger partial charge in [-0.15, -0.1) is 0 Å². The van der Waals surface area contributed by atoms with Gasteiger partial charge >= 0.3 is 5.97 Å². The zero-order chi connectivity index (χ0) is 25.7. The molecule has 0 aliphatic heterocycles. The van der Waals surface area contributed by atoms with Gasteiger partial charge in [0.2, 0.25) is 11.5 Å². The summed E-state index contributed by atoms with van der Waals surface area (Å²) in [6.07, 6.45) is 0. The van der Waals surface area contributed by atoms with Crippen LogP contribution in [0.25, 0.3) is 22.2 Å². The fourth-order valence-electron chi connectivity index (χ4n) is 3.88. The molecule has 0 aliphatic carbocycles. The van der Waals surface area contributed by atoms with Gasteiger partial charge in [-0.1, -0.05) is 30.3 Å². The molecule has 0 N–H and O–H groups in total. The van der Waals surface area contributed by atoms with Crippen LogP contribution in [0.1, 0.15) is 20.7 Å². The third-order valence-electron chi connectivity index (χ3n) is 5.64. The number of carbonyl (C=O) groups is 2. The SMILES string of the molecule is COc1ccccc1C(=O)COC(=O)c1cc(-c2cc(OC)c(OC)c(OC)c2)nc2ccccc12. The maximum absolute atomic E-state index is 13.2. The van der Waals surface area contributed by atoms with Crippen LogP contribution >= 0.6 is 0 Å². The fraction of sp³-hybridized carbons (Fsp3) is 0.179. The number of esters is 1. The molecule has 8 nitrogen and oxygen atoms in total. The molecular formula is C28H25NO7. The van der Waals surface area contributed by atoms with Crippen LogP contribution in [-0.4, -0.2) is 51.8 Å². The van der Waals surface area contributed by atoms with Gasteiger partial charge in [-0.05, 0) is 36.4 Å². The van der Waals surface area contributed by atoms with E-state index in [0.29, 0.717) is 50.7 Å². The highest BCUT2D eigenvalue weighted by Gasteiger charge is 2.20. The summed E-state index contributed by atoms with van der Waals surface area (Å²) < 4.78 is 27.0. The normalized spacial score (nSPS) is 10.6. The lowest BCUT2D eigenvalue weighted by atomic mass is 10.0. The lowest BCUT2D eigenvalue weighted by molar-refractivity contribution is 0.0476. The van der Waals surface area contributed by atoms with Crippen molar-refractivity contribution >= 4 is 22.7 Å². The minimum Gasteiger partial charge on any atom is -0.496 e. The number of nitrogens with zero attached hydrogens (tertiary/aromatic N) is 1. The number of hydrogen-bond acceptors (Lipinski definition) is 8. The van der Waals surface area contributed by atoms with Gasteiger partial charge in [0, 0.05) is 10.9 Å². The molecule has 0 atom stereocenters. The van der Waals surface area contributed by atoms with Crippen molar-refractivity contribution in [3.05, 3.63) is 77.9 Å². The molecule has 36 heavy (non-hydrogen) atoms. The number of hydrogen-bond donors (Lipinski definition) is 0. The van der Waals surface area contributed by atoms with Crippen LogP contribution in [0.2, 0.25) is 0 Å². The van der Waals surface area contributed by atoms with Crippen LogP contribution in [0, 0.1) is 0 Å². The van der Waals surface area contributed by atoms with E-state index >= 15 is 0 Å². The third kappa shape index (κ3) is 4.79. The zero-order valence-electron chi connectivity index (χ0n) is 20.4.